The van der Waals surface area contributed by atoms with Crippen LogP contribution in [0.1, 0.15) is 54.7 Å². The molecule has 0 radical (unpaired) electrons. The maximum Gasteiger partial charge on any atom is 0.222 e. The first-order valence-corrected chi connectivity index (χ1v) is 11.2. The predicted molar refractivity (Wildman–Crippen MR) is 122 cm³/mol. The Morgan fingerprint density at radius 2 is 1.90 bits per heavy atom. The van der Waals surface area contributed by atoms with Gasteiger partial charge in [0.15, 0.2) is 0 Å². The smallest absolute Gasteiger partial charge is 0.222 e. The van der Waals surface area contributed by atoms with Gasteiger partial charge in [0, 0.05) is 36.6 Å². The van der Waals surface area contributed by atoms with E-state index in [-0.39, 0.29) is 0 Å². The van der Waals surface area contributed by atoms with Crippen LogP contribution in [-0.4, -0.2) is 35.5 Å². The van der Waals surface area contributed by atoms with Crippen LogP contribution in [0.4, 0.5) is 0 Å². The van der Waals surface area contributed by atoms with E-state index in [9.17, 15) is 4.79 Å². The van der Waals surface area contributed by atoms with E-state index in [2.05, 4.69) is 72.4 Å². The number of aromatic amines is 1. The topological polar surface area (TPSA) is 45.3 Å². The van der Waals surface area contributed by atoms with Crippen molar-refractivity contribution in [3.05, 3.63) is 65.4 Å². The number of benzene rings is 2. The third-order valence-corrected chi connectivity index (χ3v) is 6.29. The minimum atomic E-state index is 0.291. The van der Waals surface area contributed by atoms with Crippen LogP contribution in [-0.2, 0) is 4.79 Å². The maximum absolute atomic E-state index is 12.6. The number of unbranched alkanes of at least 4 members (excludes halogenated alkanes) is 1. The molecule has 3 aromatic rings. The normalized spacial score (nSPS) is 14.9. The minimum Gasteiger partial charge on any atom is -0.493 e. The van der Waals surface area contributed by atoms with E-state index in [1.807, 2.05) is 0 Å². The molecule has 30 heavy (non-hydrogen) atoms. The Morgan fingerprint density at radius 3 is 2.73 bits per heavy atom. The molecule has 4 nitrogen and oxygen atoms in total. The first-order valence-electron chi connectivity index (χ1n) is 11.2. The fourth-order valence-electron chi connectivity index (χ4n) is 4.45. The quantitative estimate of drug-likeness (QED) is 0.510. The van der Waals surface area contributed by atoms with Crippen LogP contribution in [0.2, 0.25) is 0 Å². The highest BCUT2D eigenvalue weighted by molar-refractivity contribution is 5.83. The molecule has 1 aromatic heterocycles. The van der Waals surface area contributed by atoms with Gasteiger partial charge < -0.3 is 14.6 Å². The Hall–Kier alpha value is -2.75. The number of aromatic nitrogens is 1. The fraction of sp³-hybridized carbons (Fsp3) is 0.423. The van der Waals surface area contributed by atoms with Crippen molar-refractivity contribution in [2.45, 2.75) is 51.9 Å². The number of H-pyrrole nitrogens is 1. The van der Waals surface area contributed by atoms with Crippen molar-refractivity contribution in [3.8, 4) is 5.75 Å². The predicted octanol–water partition coefficient (Wildman–Crippen LogP) is 5.74. The fourth-order valence-corrected chi connectivity index (χ4v) is 4.45. The first-order chi connectivity index (χ1) is 14.6. The second kappa shape index (κ2) is 9.38. The van der Waals surface area contributed by atoms with E-state index < -0.39 is 0 Å². The van der Waals surface area contributed by atoms with Gasteiger partial charge in [-0.15, -0.1) is 0 Å². The lowest BCUT2D eigenvalue weighted by atomic mass is 9.89. The summed E-state index contributed by atoms with van der Waals surface area (Å²) in [7, 11) is 0. The van der Waals surface area contributed by atoms with Crippen LogP contribution in [0.3, 0.4) is 0 Å². The SMILES string of the molecule is Cc1ccc(C)c(OCCCCC(=O)N2CCC(c3c[nH]c4ccccc34)CC2)c1. The van der Waals surface area contributed by atoms with E-state index in [4.69, 9.17) is 4.74 Å². The third-order valence-electron chi connectivity index (χ3n) is 6.29. The number of hydrogen-bond acceptors (Lipinski definition) is 2. The Morgan fingerprint density at radius 1 is 1.10 bits per heavy atom. The van der Waals surface area contributed by atoms with Crippen LogP contribution in [0.25, 0.3) is 10.9 Å². The summed E-state index contributed by atoms with van der Waals surface area (Å²) in [5, 5.41) is 1.33. The van der Waals surface area contributed by atoms with Gasteiger partial charge in [-0.2, -0.15) is 0 Å². The lowest BCUT2D eigenvalue weighted by Crippen LogP contribution is -2.37. The molecule has 0 bridgehead atoms. The van der Waals surface area contributed by atoms with Crippen molar-refractivity contribution in [3.63, 3.8) is 0 Å². The molecule has 0 unspecified atom stereocenters. The van der Waals surface area contributed by atoms with E-state index in [0.717, 1.165) is 50.1 Å². The van der Waals surface area contributed by atoms with Crippen LogP contribution < -0.4 is 4.74 Å². The molecule has 2 heterocycles. The number of hydrogen-bond donors (Lipinski definition) is 1. The number of aryl methyl sites for hydroxylation is 2. The summed E-state index contributed by atoms with van der Waals surface area (Å²) in [6.07, 6.45) is 6.65. The molecule has 1 fully saturated rings. The van der Waals surface area contributed by atoms with Crippen molar-refractivity contribution in [1.82, 2.24) is 9.88 Å². The van der Waals surface area contributed by atoms with E-state index >= 15 is 0 Å². The summed E-state index contributed by atoms with van der Waals surface area (Å²) >= 11 is 0. The van der Waals surface area contributed by atoms with E-state index in [1.54, 1.807) is 0 Å². The van der Waals surface area contributed by atoms with E-state index in [1.165, 1.54) is 22.0 Å². The molecule has 0 saturated carbocycles. The summed E-state index contributed by atoms with van der Waals surface area (Å²) in [6.45, 7) is 6.54. The summed E-state index contributed by atoms with van der Waals surface area (Å²) in [5.74, 6) is 1.79. The number of fused-ring (bicyclic) bond motifs is 1. The molecule has 4 rings (SSSR count). The molecule has 1 aliphatic rings. The number of nitrogens with one attached hydrogen (secondary N) is 1. The Labute approximate surface area is 179 Å². The average molecular weight is 405 g/mol. The first kappa shape index (κ1) is 20.5. The standard InChI is InChI=1S/C26H32N2O2/c1-19-10-11-20(2)25(17-19)30-16-6-5-9-26(29)28-14-12-21(13-15-28)23-18-27-24-8-4-3-7-22(23)24/h3-4,7-8,10-11,17-18,21,27H,5-6,9,12-16H2,1-2H3. The number of rotatable bonds is 7. The van der Waals surface area contributed by atoms with Crippen LogP contribution in [0, 0.1) is 13.8 Å². The number of piperidine rings is 1. The molecule has 1 amide bonds. The molecule has 0 spiro atoms. The second-order valence-electron chi connectivity index (χ2n) is 8.52. The summed E-state index contributed by atoms with van der Waals surface area (Å²) in [4.78, 5) is 18.1. The largest absolute Gasteiger partial charge is 0.493 e. The lowest BCUT2D eigenvalue weighted by Gasteiger charge is -2.32. The van der Waals surface area contributed by atoms with Gasteiger partial charge in [0.05, 0.1) is 6.61 Å². The van der Waals surface area contributed by atoms with Gasteiger partial charge >= 0.3 is 0 Å². The number of nitrogens with zero attached hydrogens (tertiary/aromatic N) is 1. The number of carbonyl (C=O) groups is 1. The van der Waals surface area contributed by atoms with Crippen LogP contribution in [0.5, 0.6) is 5.75 Å². The Balaban J connectivity index is 1.19. The van der Waals surface area contributed by atoms with Gasteiger partial charge in [0.1, 0.15) is 5.75 Å². The number of carbonyl (C=O) groups excluding carboxylic acids is 1. The van der Waals surface area contributed by atoms with E-state index in [0.29, 0.717) is 24.9 Å². The molecule has 0 aliphatic carbocycles. The van der Waals surface area contributed by atoms with Gasteiger partial charge in [-0.05, 0) is 74.3 Å². The van der Waals surface area contributed by atoms with Crippen molar-refractivity contribution < 1.29 is 9.53 Å². The third kappa shape index (κ3) is 4.69. The van der Waals surface area contributed by atoms with Gasteiger partial charge in [-0.25, -0.2) is 0 Å². The zero-order valence-electron chi connectivity index (χ0n) is 18.1. The maximum atomic E-state index is 12.6. The number of ether oxygens (including phenoxy) is 1. The molecule has 0 atom stereocenters. The van der Waals surface area contributed by atoms with Gasteiger partial charge in [0.2, 0.25) is 5.91 Å². The molecule has 2 aromatic carbocycles. The summed E-state index contributed by atoms with van der Waals surface area (Å²) in [5.41, 5.74) is 4.98. The molecular weight excluding hydrogens is 372 g/mol. The number of likely N-dealkylation sites (tertiary alicyclic amines) is 1. The Bertz CT molecular complexity index is 999. The second-order valence-corrected chi connectivity index (χ2v) is 8.52. The zero-order valence-corrected chi connectivity index (χ0v) is 18.1. The Kier molecular flexibility index (Phi) is 6.41. The van der Waals surface area contributed by atoms with Crippen LogP contribution >= 0.6 is 0 Å². The van der Waals surface area contributed by atoms with Gasteiger partial charge in [0.25, 0.3) is 0 Å². The highest BCUT2D eigenvalue weighted by Gasteiger charge is 2.25. The molecule has 4 heteroatoms. The minimum absolute atomic E-state index is 0.291. The lowest BCUT2D eigenvalue weighted by molar-refractivity contribution is -0.132. The molecule has 1 aliphatic heterocycles. The molecule has 1 saturated heterocycles. The van der Waals surface area contributed by atoms with Crippen molar-refractivity contribution in [2.24, 2.45) is 0 Å². The monoisotopic (exact) mass is 404 g/mol. The molecular formula is C26H32N2O2. The molecule has 1 N–H and O–H groups in total. The van der Waals surface area contributed by atoms with Crippen molar-refractivity contribution in [1.29, 1.82) is 0 Å². The van der Waals surface area contributed by atoms with Gasteiger partial charge in [-0.3, -0.25) is 4.79 Å². The van der Waals surface area contributed by atoms with Gasteiger partial charge in [-0.1, -0.05) is 30.3 Å². The highest BCUT2D eigenvalue weighted by Crippen LogP contribution is 2.33. The summed E-state index contributed by atoms with van der Waals surface area (Å²) in [6, 6.07) is 14.8. The summed E-state index contributed by atoms with van der Waals surface area (Å²) < 4.78 is 5.91. The van der Waals surface area contributed by atoms with Crippen molar-refractivity contribution in [2.75, 3.05) is 19.7 Å². The number of para-hydroxylation sites is 1. The average Bonchev–Trinajstić information content (AvgIpc) is 3.20. The molecule has 158 valence electrons. The highest BCUT2D eigenvalue weighted by atomic mass is 16.5. The zero-order chi connectivity index (χ0) is 20.9. The van der Waals surface area contributed by atoms with Crippen LogP contribution in [0.15, 0.2) is 48.7 Å². The van der Waals surface area contributed by atoms with Crippen molar-refractivity contribution >= 4 is 16.8 Å². The number of amides is 1.